The summed E-state index contributed by atoms with van der Waals surface area (Å²) in [5, 5.41) is 15.4. The Balaban J connectivity index is 2.58. The lowest BCUT2D eigenvalue weighted by atomic mass is 10.1. The first-order chi connectivity index (χ1) is 10.8. The van der Waals surface area contributed by atoms with Gasteiger partial charge in [-0.3, -0.25) is 9.00 Å². The van der Waals surface area contributed by atoms with Gasteiger partial charge in [-0.1, -0.05) is 0 Å². The molecule has 2 unspecified atom stereocenters. The van der Waals surface area contributed by atoms with Gasteiger partial charge in [0.05, 0.1) is 12.7 Å². The number of rotatable bonds is 6. The lowest BCUT2D eigenvalue weighted by Gasteiger charge is -2.18. The zero-order valence-corrected chi connectivity index (χ0v) is 13.3. The van der Waals surface area contributed by atoms with Gasteiger partial charge in [0.25, 0.3) is 5.56 Å². The molecule has 0 aromatic rings. The van der Waals surface area contributed by atoms with E-state index >= 15 is 0 Å². The molecule has 0 saturated carbocycles. The molecule has 9 nitrogen and oxygen atoms in total. The molecule has 2 aliphatic rings. The molecule has 0 amide bonds. The molecule has 2 atom stereocenters. The number of methoxy groups -OCH3 is 1. The number of nitrogens with zero attached hydrogens (tertiary/aromatic N) is 2. The van der Waals surface area contributed by atoms with E-state index < -0.39 is 34.3 Å². The van der Waals surface area contributed by atoms with E-state index in [1.807, 2.05) is 0 Å². The molecule has 2 aliphatic heterocycles. The lowest BCUT2D eigenvalue weighted by Crippen LogP contribution is -2.23. The average molecular weight is 341 g/mol. The molecule has 2 rings (SSSR count). The van der Waals surface area contributed by atoms with E-state index in [0.29, 0.717) is 0 Å². The van der Waals surface area contributed by atoms with Crippen LogP contribution < -0.4 is 5.56 Å². The Morgan fingerprint density at radius 1 is 1.48 bits per heavy atom. The number of carboxylic acids is 1. The van der Waals surface area contributed by atoms with Gasteiger partial charge in [-0.2, -0.15) is 5.10 Å². The topological polar surface area (TPSA) is 131 Å². The van der Waals surface area contributed by atoms with Gasteiger partial charge in [-0.15, -0.1) is 0 Å². The Kier molecular flexibility index (Phi) is 4.94. The number of ether oxygens (including phenoxy) is 1. The van der Waals surface area contributed by atoms with E-state index in [2.05, 4.69) is 14.9 Å². The number of carbonyl (C=O) groups is 2. The van der Waals surface area contributed by atoms with Crippen molar-refractivity contribution in [2.24, 2.45) is 0 Å². The molecule has 0 aromatic carbocycles. The number of pyridine rings is 1. The van der Waals surface area contributed by atoms with Gasteiger partial charge in [0.15, 0.2) is 0 Å². The number of aromatic amines is 1. The Bertz CT molecular complexity index is 795. The first-order valence-electron chi connectivity index (χ1n) is 6.56. The summed E-state index contributed by atoms with van der Waals surface area (Å²) in [6, 6.07) is -1.07. The predicted octanol–water partition coefficient (Wildman–Crippen LogP) is -0.143. The highest BCUT2D eigenvalue weighted by Gasteiger charge is 2.26. The summed E-state index contributed by atoms with van der Waals surface area (Å²) in [6.45, 7) is 0. The van der Waals surface area contributed by atoms with Crippen molar-refractivity contribution in [3.05, 3.63) is 28.3 Å². The third-order valence-electron chi connectivity index (χ3n) is 3.31. The van der Waals surface area contributed by atoms with Crippen LogP contribution >= 0.6 is 0 Å². The van der Waals surface area contributed by atoms with E-state index in [4.69, 9.17) is 0 Å². The monoisotopic (exact) mass is 341 g/mol. The fourth-order valence-electron chi connectivity index (χ4n) is 2.17. The number of fused-ring (bicyclic) bond motifs is 1. The van der Waals surface area contributed by atoms with Crippen molar-refractivity contribution in [1.82, 2.24) is 14.8 Å². The smallest absolute Gasteiger partial charge is 0.341 e. The SMILES string of the molecule is COC(=O)c1cn(C(CCS(C)=O)C(=O)O)cc2c(=O)[nH]nc1-2. The van der Waals surface area contributed by atoms with Crippen molar-refractivity contribution in [2.45, 2.75) is 12.5 Å². The van der Waals surface area contributed by atoms with Gasteiger partial charge >= 0.3 is 11.9 Å². The number of esters is 1. The van der Waals surface area contributed by atoms with Crippen molar-refractivity contribution in [2.75, 3.05) is 19.1 Å². The minimum Gasteiger partial charge on any atom is -0.480 e. The molecule has 10 heteroatoms. The Morgan fingerprint density at radius 3 is 2.74 bits per heavy atom. The fraction of sp³-hybridized carbons (Fsp3) is 0.385. The van der Waals surface area contributed by atoms with E-state index in [1.165, 1.54) is 30.3 Å². The number of nitrogens with one attached hydrogen (secondary N) is 1. The minimum absolute atomic E-state index is 0.0211. The molecule has 0 saturated heterocycles. The molecule has 2 heterocycles. The van der Waals surface area contributed by atoms with E-state index in [1.54, 1.807) is 0 Å². The molecular weight excluding hydrogens is 326 g/mol. The fourth-order valence-corrected chi connectivity index (χ4v) is 2.73. The summed E-state index contributed by atoms with van der Waals surface area (Å²) >= 11 is 0. The van der Waals surface area contributed by atoms with Crippen LogP contribution in [0, 0.1) is 0 Å². The van der Waals surface area contributed by atoms with Crippen LogP contribution in [0.3, 0.4) is 0 Å². The highest BCUT2D eigenvalue weighted by atomic mass is 32.2. The molecule has 124 valence electrons. The maximum absolute atomic E-state index is 11.9. The largest absolute Gasteiger partial charge is 0.480 e. The maximum Gasteiger partial charge on any atom is 0.341 e. The summed E-state index contributed by atoms with van der Waals surface area (Å²) < 4.78 is 17.1. The van der Waals surface area contributed by atoms with E-state index in [0.717, 1.165) is 0 Å². The van der Waals surface area contributed by atoms with Crippen LogP contribution in [0.2, 0.25) is 0 Å². The summed E-state index contributed by atoms with van der Waals surface area (Å²) in [6.07, 6.45) is 4.14. The Morgan fingerprint density at radius 2 is 2.17 bits per heavy atom. The van der Waals surface area contributed by atoms with Crippen molar-refractivity contribution in [3.63, 3.8) is 0 Å². The third kappa shape index (κ3) is 3.47. The zero-order chi connectivity index (χ0) is 17.1. The molecule has 0 radical (unpaired) electrons. The number of carbonyl (C=O) groups excluding carboxylic acids is 1. The molecule has 23 heavy (non-hydrogen) atoms. The summed E-state index contributed by atoms with van der Waals surface area (Å²) in [7, 11) is 0.00732. The minimum atomic E-state index is -1.16. The standard InChI is InChI=1S/C13H15N3O6S/c1-22-13(20)8-6-16(5-7-10(8)14-15-11(7)17)9(12(18)19)3-4-23(2)21/h5-6,9H,3-4H2,1-2H3,(H,15,17)(H,18,19). The Hall–Kier alpha value is -2.49. The van der Waals surface area contributed by atoms with Crippen molar-refractivity contribution in [1.29, 1.82) is 0 Å². The van der Waals surface area contributed by atoms with Crippen LogP contribution in [0.25, 0.3) is 11.3 Å². The summed E-state index contributed by atoms with van der Waals surface area (Å²) in [4.78, 5) is 35.1. The van der Waals surface area contributed by atoms with Crippen LogP contribution in [0.5, 0.6) is 0 Å². The van der Waals surface area contributed by atoms with E-state index in [9.17, 15) is 23.7 Å². The quantitative estimate of drug-likeness (QED) is 0.699. The lowest BCUT2D eigenvalue weighted by molar-refractivity contribution is -0.141. The highest BCUT2D eigenvalue weighted by Crippen LogP contribution is 2.24. The first kappa shape index (κ1) is 16.9. The summed E-state index contributed by atoms with van der Waals surface area (Å²) in [5.41, 5.74) is -0.368. The van der Waals surface area contributed by atoms with Crippen LogP contribution in [0.15, 0.2) is 17.2 Å². The molecule has 0 aliphatic carbocycles. The van der Waals surface area contributed by atoms with Gasteiger partial charge < -0.3 is 14.4 Å². The van der Waals surface area contributed by atoms with Gasteiger partial charge in [-0.25, -0.2) is 14.7 Å². The van der Waals surface area contributed by atoms with Crippen LogP contribution in [-0.4, -0.2) is 55.1 Å². The Labute approximate surface area is 133 Å². The number of H-pyrrole nitrogens is 1. The number of aromatic nitrogens is 3. The maximum atomic E-state index is 11.9. The number of hydrogen-bond acceptors (Lipinski definition) is 6. The van der Waals surface area contributed by atoms with Gasteiger partial charge in [0.1, 0.15) is 17.3 Å². The molecule has 2 N–H and O–H groups in total. The van der Waals surface area contributed by atoms with Crippen molar-refractivity contribution >= 4 is 22.7 Å². The molecule has 0 bridgehead atoms. The average Bonchev–Trinajstić information content (AvgIpc) is 2.87. The second-order valence-electron chi connectivity index (χ2n) is 4.85. The molecular formula is C13H15N3O6S. The van der Waals surface area contributed by atoms with Crippen LogP contribution in [0.4, 0.5) is 0 Å². The van der Waals surface area contributed by atoms with Crippen LogP contribution in [0.1, 0.15) is 22.8 Å². The number of carboxylic acid groups (broad SMARTS) is 1. The third-order valence-corrected chi connectivity index (χ3v) is 4.12. The normalized spacial score (nSPS) is 13.7. The second kappa shape index (κ2) is 6.73. The number of hydrogen-bond donors (Lipinski definition) is 2. The second-order valence-corrected chi connectivity index (χ2v) is 6.40. The number of aliphatic carboxylic acids is 1. The molecule has 0 aromatic heterocycles. The van der Waals surface area contributed by atoms with Crippen molar-refractivity contribution < 1.29 is 23.6 Å². The van der Waals surface area contributed by atoms with Gasteiger partial charge in [-0.05, 0) is 6.42 Å². The highest BCUT2D eigenvalue weighted by molar-refractivity contribution is 7.84. The first-order valence-corrected chi connectivity index (χ1v) is 8.29. The van der Waals surface area contributed by atoms with Crippen LogP contribution in [-0.2, 0) is 20.3 Å². The zero-order valence-electron chi connectivity index (χ0n) is 12.4. The predicted molar refractivity (Wildman–Crippen MR) is 81.0 cm³/mol. The summed E-state index contributed by atoms with van der Waals surface area (Å²) in [5.74, 6) is -1.73. The molecule has 0 fully saturated rings. The van der Waals surface area contributed by atoms with Crippen molar-refractivity contribution in [3.8, 4) is 11.3 Å². The van der Waals surface area contributed by atoms with Gasteiger partial charge in [0, 0.05) is 35.2 Å². The van der Waals surface area contributed by atoms with Gasteiger partial charge in [0.2, 0.25) is 0 Å². The van der Waals surface area contributed by atoms with E-state index in [-0.39, 0.29) is 29.0 Å². The molecule has 0 spiro atoms.